The zero-order valence-electron chi connectivity index (χ0n) is 14.8. The second kappa shape index (κ2) is 9.47. The fourth-order valence-electron chi connectivity index (χ4n) is 2.23. The Bertz CT molecular complexity index is 726. The lowest BCUT2D eigenvalue weighted by atomic mass is 10.1. The van der Waals surface area contributed by atoms with Gasteiger partial charge in [0.2, 0.25) is 0 Å². The van der Waals surface area contributed by atoms with Gasteiger partial charge < -0.3 is 14.3 Å². The van der Waals surface area contributed by atoms with Gasteiger partial charge in [0.25, 0.3) is 0 Å². The van der Waals surface area contributed by atoms with Crippen molar-refractivity contribution in [1.29, 1.82) is 0 Å². The SMILES string of the molecule is CCc1ccc(/C(C)=N/OCc2ccccc2)cc1OCC(=O)OC. The van der Waals surface area contributed by atoms with Crippen LogP contribution in [-0.2, 0) is 27.4 Å². The Labute approximate surface area is 148 Å². The van der Waals surface area contributed by atoms with E-state index < -0.39 is 5.97 Å². The number of hydrogen-bond donors (Lipinski definition) is 0. The second-order valence-electron chi connectivity index (χ2n) is 5.48. The van der Waals surface area contributed by atoms with Crippen LogP contribution >= 0.6 is 0 Å². The molecule has 0 saturated carbocycles. The lowest BCUT2D eigenvalue weighted by Gasteiger charge is -2.11. The molecule has 132 valence electrons. The molecule has 0 radical (unpaired) electrons. The number of hydrogen-bond acceptors (Lipinski definition) is 5. The highest BCUT2D eigenvalue weighted by Crippen LogP contribution is 2.22. The molecule has 0 saturated heterocycles. The average molecular weight is 341 g/mol. The lowest BCUT2D eigenvalue weighted by Crippen LogP contribution is -2.13. The first kappa shape index (κ1) is 18.5. The largest absolute Gasteiger partial charge is 0.482 e. The van der Waals surface area contributed by atoms with Gasteiger partial charge in [-0.2, -0.15) is 0 Å². The van der Waals surface area contributed by atoms with E-state index in [1.807, 2.05) is 62.4 Å². The van der Waals surface area contributed by atoms with Crippen molar-refractivity contribution in [2.24, 2.45) is 5.16 Å². The van der Waals surface area contributed by atoms with Crippen molar-refractivity contribution >= 4 is 11.7 Å². The summed E-state index contributed by atoms with van der Waals surface area (Å²) in [5.74, 6) is 0.243. The summed E-state index contributed by atoms with van der Waals surface area (Å²) in [5, 5.41) is 4.17. The van der Waals surface area contributed by atoms with Crippen LogP contribution in [0, 0.1) is 0 Å². The molecule has 2 rings (SSSR count). The van der Waals surface area contributed by atoms with Gasteiger partial charge in [-0.25, -0.2) is 4.79 Å². The standard InChI is InChI=1S/C20H23NO4/c1-4-17-10-11-18(12-19(17)24-14-20(22)23-3)15(2)21-25-13-16-8-6-5-7-9-16/h5-12H,4,13-14H2,1-3H3/b21-15+. The van der Waals surface area contributed by atoms with Crippen molar-refractivity contribution in [2.75, 3.05) is 13.7 Å². The Morgan fingerprint density at radius 1 is 1.12 bits per heavy atom. The van der Waals surface area contributed by atoms with E-state index >= 15 is 0 Å². The molecule has 25 heavy (non-hydrogen) atoms. The van der Waals surface area contributed by atoms with Crippen LogP contribution in [-0.4, -0.2) is 25.4 Å². The van der Waals surface area contributed by atoms with Crippen LogP contribution in [0.2, 0.25) is 0 Å². The van der Waals surface area contributed by atoms with Crippen LogP contribution in [0.15, 0.2) is 53.7 Å². The molecule has 0 fully saturated rings. The smallest absolute Gasteiger partial charge is 0.343 e. The first-order valence-electron chi connectivity index (χ1n) is 8.17. The average Bonchev–Trinajstić information content (AvgIpc) is 2.66. The van der Waals surface area contributed by atoms with Crippen LogP contribution in [0.5, 0.6) is 5.75 Å². The minimum Gasteiger partial charge on any atom is -0.482 e. The van der Waals surface area contributed by atoms with Crippen molar-refractivity contribution < 1.29 is 19.1 Å². The minimum absolute atomic E-state index is 0.117. The number of methoxy groups -OCH3 is 1. The summed E-state index contributed by atoms with van der Waals surface area (Å²) in [7, 11) is 1.34. The van der Waals surface area contributed by atoms with Crippen molar-refractivity contribution in [3.63, 3.8) is 0 Å². The monoisotopic (exact) mass is 341 g/mol. The van der Waals surface area contributed by atoms with Crippen LogP contribution in [0.25, 0.3) is 0 Å². The van der Waals surface area contributed by atoms with E-state index in [9.17, 15) is 4.79 Å². The van der Waals surface area contributed by atoms with Gasteiger partial charge in [0.1, 0.15) is 12.4 Å². The van der Waals surface area contributed by atoms with Gasteiger partial charge in [-0.15, -0.1) is 0 Å². The Hall–Kier alpha value is -2.82. The predicted molar refractivity (Wildman–Crippen MR) is 96.8 cm³/mol. The molecule has 0 aliphatic heterocycles. The summed E-state index contributed by atoms with van der Waals surface area (Å²) in [6.07, 6.45) is 0.803. The van der Waals surface area contributed by atoms with Crippen molar-refractivity contribution in [3.05, 3.63) is 65.2 Å². The third-order valence-electron chi connectivity index (χ3n) is 3.71. The molecule has 0 aromatic heterocycles. The third-order valence-corrected chi connectivity index (χ3v) is 3.71. The number of carbonyl (C=O) groups excluding carboxylic acids is 1. The van der Waals surface area contributed by atoms with Crippen LogP contribution in [0.4, 0.5) is 0 Å². The Kier molecular flexibility index (Phi) is 7.01. The summed E-state index contributed by atoms with van der Waals surface area (Å²) >= 11 is 0. The molecule has 0 aliphatic rings. The second-order valence-corrected chi connectivity index (χ2v) is 5.48. The van der Waals surface area contributed by atoms with Gasteiger partial charge in [0.15, 0.2) is 6.61 Å². The molecule has 0 heterocycles. The Balaban J connectivity index is 2.06. The summed E-state index contributed by atoms with van der Waals surface area (Å²) in [6, 6.07) is 15.7. The predicted octanol–water partition coefficient (Wildman–Crippen LogP) is 3.74. The molecule has 0 spiro atoms. The highest BCUT2D eigenvalue weighted by atomic mass is 16.6. The maximum atomic E-state index is 11.3. The highest BCUT2D eigenvalue weighted by Gasteiger charge is 2.09. The topological polar surface area (TPSA) is 57.1 Å². The lowest BCUT2D eigenvalue weighted by molar-refractivity contribution is -0.142. The van der Waals surface area contributed by atoms with Gasteiger partial charge in [-0.1, -0.05) is 54.5 Å². The highest BCUT2D eigenvalue weighted by molar-refractivity contribution is 5.98. The maximum Gasteiger partial charge on any atom is 0.343 e. The number of oxime groups is 1. The summed E-state index contributed by atoms with van der Waals surface area (Å²) in [6.45, 7) is 4.20. The fraction of sp³-hybridized carbons (Fsp3) is 0.300. The van der Waals surface area contributed by atoms with Gasteiger partial charge in [-0.3, -0.25) is 0 Å². The zero-order valence-corrected chi connectivity index (χ0v) is 14.8. The van der Waals surface area contributed by atoms with E-state index in [0.29, 0.717) is 12.4 Å². The number of esters is 1. The molecule has 0 aliphatic carbocycles. The molecule has 5 nitrogen and oxygen atoms in total. The number of ether oxygens (including phenoxy) is 2. The zero-order chi connectivity index (χ0) is 18.1. The van der Waals surface area contributed by atoms with Crippen molar-refractivity contribution in [1.82, 2.24) is 0 Å². The molecule has 0 atom stereocenters. The molecular weight excluding hydrogens is 318 g/mol. The van der Waals surface area contributed by atoms with E-state index in [1.165, 1.54) is 7.11 Å². The molecular formula is C20H23NO4. The summed E-state index contributed by atoms with van der Waals surface area (Å²) in [4.78, 5) is 16.7. The van der Waals surface area contributed by atoms with Gasteiger partial charge in [0.05, 0.1) is 12.8 Å². The normalized spacial score (nSPS) is 11.1. The van der Waals surface area contributed by atoms with E-state index in [2.05, 4.69) is 9.89 Å². The number of nitrogens with zero attached hydrogens (tertiary/aromatic N) is 1. The van der Waals surface area contributed by atoms with E-state index in [4.69, 9.17) is 9.57 Å². The van der Waals surface area contributed by atoms with Gasteiger partial charge in [0, 0.05) is 5.56 Å². The molecule has 2 aromatic rings. The third kappa shape index (κ3) is 5.64. The molecule has 0 N–H and O–H groups in total. The number of benzene rings is 2. The molecule has 0 bridgehead atoms. The van der Waals surface area contributed by atoms with Gasteiger partial charge in [-0.05, 0) is 30.5 Å². The van der Waals surface area contributed by atoms with Crippen LogP contribution in [0.3, 0.4) is 0 Å². The Morgan fingerprint density at radius 2 is 1.88 bits per heavy atom. The first-order chi connectivity index (χ1) is 12.1. The molecule has 0 amide bonds. The van der Waals surface area contributed by atoms with E-state index in [0.717, 1.165) is 28.8 Å². The number of rotatable bonds is 8. The maximum absolute atomic E-state index is 11.3. The minimum atomic E-state index is -0.413. The van der Waals surface area contributed by atoms with Crippen LogP contribution < -0.4 is 4.74 Å². The first-order valence-corrected chi connectivity index (χ1v) is 8.17. The Morgan fingerprint density at radius 3 is 2.56 bits per heavy atom. The van der Waals surface area contributed by atoms with Gasteiger partial charge >= 0.3 is 5.97 Å². The molecule has 2 aromatic carbocycles. The number of aryl methyl sites for hydroxylation is 1. The van der Waals surface area contributed by atoms with Crippen LogP contribution in [0.1, 0.15) is 30.5 Å². The van der Waals surface area contributed by atoms with E-state index in [-0.39, 0.29) is 6.61 Å². The summed E-state index contributed by atoms with van der Waals surface area (Å²) < 4.78 is 10.2. The van der Waals surface area contributed by atoms with E-state index in [1.54, 1.807) is 0 Å². The summed E-state index contributed by atoms with van der Waals surface area (Å²) in [5.41, 5.74) is 3.69. The van der Waals surface area contributed by atoms with Crippen molar-refractivity contribution in [2.45, 2.75) is 26.9 Å². The van der Waals surface area contributed by atoms with Crippen molar-refractivity contribution in [3.8, 4) is 5.75 Å². The number of carbonyl (C=O) groups is 1. The molecule has 5 heteroatoms. The molecule has 0 unspecified atom stereocenters. The fourth-order valence-corrected chi connectivity index (χ4v) is 2.23. The quantitative estimate of drug-likeness (QED) is 0.417.